The minimum atomic E-state index is 0.439. The van der Waals surface area contributed by atoms with Crippen molar-refractivity contribution >= 4 is 22.9 Å². The lowest BCUT2D eigenvalue weighted by atomic mass is 9.98. The predicted octanol–water partition coefficient (Wildman–Crippen LogP) is 1.36. The molecule has 0 spiro atoms. The lowest BCUT2D eigenvalue weighted by molar-refractivity contribution is 0.117. The third kappa shape index (κ3) is 4.16. The van der Waals surface area contributed by atoms with Crippen molar-refractivity contribution in [2.24, 2.45) is 5.92 Å². The van der Waals surface area contributed by atoms with Gasteiger partial charge in [0.25, 0.3) is 0 Å². The van der Waals surface area contributed by atoms with E-state index in [1.165, 1.54) is 25.7 Å². The molecule has 0 aromatic carbocycles. The van der Waals surface area contributed by atoms with Gasteiger partial charge in [-0.25, -0.2) is 14.6 Å². The van der Waals surface area contributed by atoms with Crippen molar-refractivity contribution in [2.75, 3.05) is 50.5 Å². The number of hydrogen-bond donors (Lipinski definition) is 2. The molecule has 2 fully saturated rings. The van der Waals surface area contributed by atoms with Crippen molar-refractivity contribution in [3.05, 3.63) is 0 Å². The summed E-state index contributed by atoms with van der Waals surface area (Å²) < 4.78 is 9.94. The van der Waals surface area contributed by atoms with E-state index in [2.05, 4.69) is 35.8 Å². The summed E-state index contributed by atoms with van der Waals surface area (Å²) in [5.41, 5.74) is 0.881. The summed E-state index contributed by atoms with van der Waals surface area (Å²) in [4.78, 5) is 11.5. The molecule has 4 rings (SSSR count). The molecule has 0 bridgehead atoms. The van der Waals surface area contributed by atoms with Crippen molar-refractivity contribution in [3.63, 3.8) is 0 Å². The molecule has 2 aliphatic rings. The van der Waals surface area contributed by atoms with Gasteiger partial charge < -0.3 is 20.3 Å². The third-order valence-electron chi connectivity index (χ3n) is 4.81. The van der Waals surface area contributed by atoms with Crippen LogP contribution in [0.25, 0.3) is 11.3 Å². The Morgan fingerprint density at radius 1 is 1.16 bits per heavy atom. The molecule has 2 aromatic rings. The molecule has 1 aliphatic carbocycles. The molecule has 1 saturated heterocycles. The summed E-state index contributed by atoms with van der Waals surface area (Å²) in [5, 5.41) is 14.5. The van der Waals surface area contributed by atoms with Gasteiger partial charge in [0.05, 0.1) is 6.61 Å². The number of rotatable bonds is 8. The zero-order chi connectivity index (χ0) is 17.1. The number of aromatic nitrogens is 4. The first-order valence-corrected chi connectivity index (χ1v) is 9.04. The van der Waals surface area contributed by atoms with Crippen LogP contribution >= 0.6 is 0 Å². The van der Waals surface area contributed by atoms with E-state index in [1.54, 1.807) is 7.11 Å². The highest BCUT2D eigenvalue weighted by molar-refractivity contribution is 5.73. The van der Waals surface area contributed by atoms with Gasteiger partial charge in [-0.2, -0.15) is 0 Å². The fraction of sp³-hybridized carbons (Fsp3) is 0.750. The maximum absolute atomic E-state index is 5.20. The highest BCUT2D eigenvalue weighted by Gasteiger charge is 2.25. The van der Waals surface area contributed by atoms with E-state index >= 15 is 0 Å². The first-order chi connectivity index (χ1) is 12.3. The van der Waals surface area contributed by atoms with Crippen LogP contribution in [0, 0.1) is 5.92 Å². The van der Waals surface area contributed by atoms with E-state index in [1.807, 2.05) is 0 Å². The number of hydrogen-bond acceptors (Lipinski definition) is 9. The smallest absolute Gasteiger partial charge is 0.245 e. The van der Waals surface area contributed by atoms with Crippen molar-refractivity contribution in [2.45, 2.75) is 31.7 Å². The monoisotopic (exact) mass is 347 g/mol. The number of piperidine rings is 1. The number of nitrogens with zero attached hydrogens (tertiary/aromatic N) is 5. The van der Waals surface area contributed by atoms with E-state index in [0.717, 1.165) is 44.4 Å². The van der Waals surface area contributed by atoms with Crippen molar-refractivity contribution < 1.29 is 9.37 Å². The molecule has 3 heterocycles. The normalized spacial score (nSPS) is 21.6. The number of likely N-dealkylation sites (tertiary alicyclic amines) is 1. The number of anilines is 2. The molecule has 9 nitrogen and oxygen atoms in total. The number of methoxy groups -OCH3 is 1. The van der Waals surface area contributed by atoms with Crippen LogP contribution in [0.2, 0.25) is 0 Å². The van der Waals surface area contributed by atoms with Gasteiger partial charge in [-0.1, -0.05) is 0 Å². The van der Waals surface area contributed by atoms with Gasteiger partial charge in [-0.3, -0.25) is 0 Å². The van der Waals surface area contributed by atoms with Crippen LogP contribution in [0.5, 0.6) is 0 Å². The standard InChI is InChI=1S/C16H25N7O2/c1-24-8-7-23-6-2-3-11(10-23)9-17-13-14(18-12-4-5-12)20-16-15(19-13)21-25-22-16/h11-12H,2-10H2,1H3,(H,17,19,21)(H,18,20,22)/t11-/m0/s1. The lowest BCUT2D eigenvalue weighted by Gasteiger charge is -2.32. The maximum atomic E-state index is 5.20. The molecular formula is C16H25N7O2. The van der Waals surface area contributed by atoms with Crippen molar-refractivity contribution in [3.8, 4) is 0 Å². The molecule has 2 N–H and O–H groups in total. The molecule has 1 saturated carbocycles. The Hall–Kier alpha value is -2.00. The Balaban J connectivity index is 1.40. The average Bonchev–Trinajstić information content (AvgIpc) is 3.33. The van der Waals surface area contributed by atoms with E-state index in [4.69, 9.17) is 9.37 Å². The Bertz CT molecular complexity index is 703. The minimum Gasteiger partial charge on any atom is -0.383 e. The van der Waals surface area contributed by atoms with Gasteiger partial charge >= 0.3 is 0 Å². The number of fused-ring (bicyclic) bond motifs is 1. The Morgan fingerprint density at radius 2 is 1.96 bits per heavy atom. The molecule has 2 aromatic heterocycles. The quantitative estimate of drug-likeness (QED) is 0.733. The van der Waals surface area contributed by atoms with Crippen LogP contribution < -0.4 is 10.6 Å². The van der Waals surface area contributed by atoms with Gasteiger partial charge in [0.1, 0.15) is 0 Å². The fourth-order valence-corrected chi connectivity index (χ4v) is 3.27. The van der Waals surface area contributed by atoms with E-state index in [0.29, 0.717) is 23.3 Å². The SMILES string of the molecule is COCCN1CCC[C@@H](CNc2nc3nonc3nc2NC2CC2)C1. The Morgan fingerprint density at radius 3 is 2.72 bits per heavy atom. The molecule has 0 radical (unpaired) electrons. The average molecular weight is 347 g/mol. The highest BCUT2D eigenvalue weighted by atomic mass is 16.6. The van der Waals surface area contributed by atoms with Gasteiger partial charge in [0, 0.05) is 32.8 Å². The molecule has 9 heteroatoms. The van der Waals surface area contributed by atoms with Crippen molar-refractivity contribution in [1.82, 2.24) is 25.2 Å². The Labute approximate surface area is 146 Å². The van der Waals surface area contributed by atoms with Crippen LogP contribution in [0.3, 0.4) is 0 Å². The molecule has 0 unspecified atom stereocenters. The summed E-state index contributed by atoms with van der Waals surface area (Å²) in [6.45, 7) is 4.90. The van der Waals surface area contributed by atoms with Crippen LogP contribution in [-0.2, 0) is 4.74 Å². The second-order valence-electron chi connectivity index (χ2n) is 6.93. The zero-order valence-corrected chi connectivity index (χ0v) is 14.6. The van der Waals surface area contributed by atoms with Gasteiger partial charge in [0.15, 0.2) is 11.6 Å². The van der Waals surface area contributed by atoms with Crippen LogP contribution in [0.15, 0.2) is 4.63 Å². The third-order valence-corrected chi connectivity index (χ3v) is 4.81. The summed E-state index contributed by atoms with van der Waals surface area (Å²) >= 11 is 0. The fourth-order valence-electron chi connectivity index (χ4n) is 3.27. The lowest BCUT2D eigenvalue weighted by Crippen LogP contribution is -2.39. The molecule has 136 valence electrons. The second kappa shape index (κ2) is 7.49. The molecule has 1 atom stereocenters. The van der Waals surface area contributed by atoms with E-state index < -0.39 is 0 Å². The molecule has 1 aliphatic heterocycles. The first-order valence-electron chi connectivity index (χ1n) is 9.04. The summed E-state index contributed by atoms with van der Waals surface area (Å²) in [6.07, 6.45) is 4.80. The topological polar surface area (TPSA) is 101 Å². The molecule has 0 amide bonds. The maximum Gasteiger partial charge on any atom is 0.245 e. The Kier molecular flexibility index (Phi) is 4.93. The van der Waals surface area contributed by atoms with Crippen LogP contribution in [0.4, 0.5) is 11.6 Å². The van der Waals surface area contributed by atoms with Gasteiger partial charge in [-0.15, -0.1) is 0 Å². The van der Waals surface area contributed by atoms with Gasteiger partial charge in [-0.05, 0) is 48.5 Å². The highest BCUT2D eigenvalue weighted by Crippen LogP contribution is 2.28. The van der Waals surface area contributed by atoms with Crippen LogP contribution in [-0.4, -0.2) is 71.1 Å². The summed E-state index contributed by atoms with van der Waals surface area (Å²) in [7, 11) is 1.75. The number of ether oxygens (including phenoxy) is 1. The summed E-state index contributed by atoms with van der Waals surface area (Å²) in [6, 6.07) is 0.492. The first kappa shape index (κ1) is 16.5. The second-order valence-corrected chi connectivity index (χ2v) is 6.93. The summed E-state index contributed by atoms with van der Waals surface area (Å²) in [5.74, 6) is 2.08. The molecule has 25 heavy (non-hydrogen) atoms. The minimum absolute atomic E-state index is 0.439. The van der Waals surface area contributed by atoms with Crippen molar-refractivity contribution in [1.29, 1.82) is 0 Å². The zero-order valence-electron chi connectivity index (χ0n) is 14.6. The number of nitrogens with one attached hydrogen (secondary N) is 2. The predicted molar refractivity (Wildman–Crippen MR) is 93.6 cm³/mol. The van der Waals surface area contributed by atoms with E-state index in [-0.39, 0.29) is 0 Å². The molecular weight excluding hydrogens is 322 g/mol. The van der Waals surface area contributed by atoms with Crippen LogP contribution in [0.1, 0.15) is 25.7 Å². The largest absolute Gasteiger partial charge is 0.383 e. The van der Waals surface area contributed by atoms with Gasteiger partial charge in [0.2, 0.25) is 11.3 Å². The van der Waals surface area contributed by atoms with E-state index in [9.17, 15) is 0 Å².